The van der Waals surface area contributed by atoms with Crippen LogP contribution in [0.1, 0.15) is 19.8 Å². The van der Waals surface area contributed by atoms with Crippen molar-refractivity contribution in [2.75, 3.05) is 18.9 Å². The second-order valence-corrected chi connectivity index (χ2v) is 4.30. The molecule has 1 fully saturated rings. The summed E-state index contributed by atoms with van der Waals surface area (Å²) in [6.07, 6.45) is 4.05. The van der Waals surface area contributed by atoms with Gasteiger partial charge in [0.2, 0.25) is 0 Å². The van der Waals surface area contributed by atoms with Gasteiger partial charge in [-0.1, -0.05) is 0 Å². The Morgan fingerprint density at radius 2 is 2.40 bits per heavy atom. The molecule has 1 aliphatic rings. The second-order valence-electron chi connectivity index (χ2n) is 4.30. The van der Waals surface area contributed by atoms with Gasteiger partial charge >= 0.3 is 0 Å². The molecule has 1 aromatic heterocycles. The zero-order chi connectivity index (χ0) is 10.7. The molecule has 1 saturated heterocycles. The maximum Gasteiger partial charge on any atom is 0.148 e. The van der Waals surface area contributed by atoms with Gasteiger partial charge in [-0.25, -0.2) is 0 Å². The highest BCUT2D eigenvalue weighted by atomic mass is 15.2. The molecule has 4 heteroatoms. The van der Waals surface area contributed by atoms with Gasteiger partial charge in [-0.3, -0.25) is 0 Å². The average molecular weight is 206 g/mol. The van der Waals surface area contributed by atoms with Gasteiger partial charge in [-0.05, 0) is 38.9 Å². The number of nitrogens with one attached hydrogen (secondary N) is 1. The van der Waals surface area contributed by atoms with Crippen LogP contribution in [0.3, 0.4) is 0 Å². The Morgan fingerprint density at radius 3 is 3.07 bits per heavy atom. The molecule has 0 spiro atoms. The molecule has 2 rings (SSSR count). The van der Waals surface area contributed by atoms with Gasteiger partial charge in [0.15, 0.2) is 0 Å². The highest BCUT2D eigenvalue weighted by Gasteiger charge is 2.22. The van der Waals surface area contributed by atoms with Gasteiger partial charge in [-0.15, -0.1) is 5.10 Å². The van der Waals surface area contributed by atoms with E-state index in [9.17, 15) is 0 Å². The van der Waals surface area contributed by atoms with Crippen molar-refractivity contribution in [1.29, 1.82) is 0 Å². The van der Waals surface area contributed by atoms with E-state index in [1.54, 1.807) is 6.20 Å². The number of aromatic nitrogens is 2. The summed E-state index contributed by atoms with van der Waals surface area (Å²) in [5, 5.41) is 11.3. The van der Waals surface area contributed by atoms with Crippen LogP contribution in [0.2, 0.25) is 0 Å². The van der Waals surface area contributed by atoms with Crippen LogP contribution in [0.15, 0.2) is 18.3 Å². The minimum absolute atomic E-state index is 0.535. The highest BCUT2D eigenvalue weighted by molar-refractivity contribution is 5.33. The van der Waals surface area contributed by atoms with E-state index < -0.39 is 0 Å². The summed E-state index contributed by atoms with van der Waals surface area (Å²) >= 11 is 0. The van der Waals surface area contributed by atoms with Gasteiger partial charge in [0.05, 0.1) is 0 Å². The number of piperidine rings is 1. The predicted octanol–water partition coefficient (Wildman–Crippen LogP) is 1.37. The van der Waals surface area contributed by atoms with Gasteiger partial charge in [0, 0.05) is 24.8 Å². The topological polar surface area (TPSA) is 41.1 Å². The number of anilines is 1. The second kappa shape index (κ2) is 4.57. The third-order valence-electron chi connectivity index (χ3n) is 3.13. The van der Waals surface area contributed by atoms with E-state index in [4.69, 9.17) is 0 Å². The van der Waals surface area contributed by atoms with Crippen LogP contribution in [0.5, 0.6) is 0 Å². The van der Waals surface area contributed by atoms with Crippen molar-refractivity contribution >= 4 is 5.82 Å². The number of hydrogen-bond acceptors (Lipinski definition) is 4. The molecule has 2 heterocycles. The van der Waals surface area contributed by atoms with Gasteiger partial charge in [-0.2, -0.15) is 5.10 Å². The van der Waals surface area contributed by atoms with Crippen molar-refractivity contribution in [3.8, 4) is 0 Å². The fraction of sp³-hybridized carbons (Fsp3) is 0.636. The third-order valence-corrected chi connectivity index (χ3v) is 3.13. The largest absolute Gasteiger partial charge is 0.366 e. The van der Waals surface area contributed by atoms with Crippen LogP contribution in [-0.2, 0) is 0 Å². The predicted molar refractivity (Wildman–Crippen MR) is 60.8 cm³/mol. The van der Waals surface area contributed by atoms with Crippen LogP contribution in [-0.4, -0.2) is 40.8 Å². The van der Waals surface area contributed by atoms with Crippen molar-refractivity contribution in [2.24, 2.45) is 0 Å². The molecule has 1 aromatic rings. The molecule has 2 atom stereocenters. The molecule has 4 nitrogen and oxygen atoms in total. The van der Waals surface area contributed by atoms with Crippen molar-refractivity contribution < 1.29 is 0 Å². The molecule has 0 aromatic carbocycles. The standard InChI is InChI=1S/C11H18N4/c1-9-8-10(5-7-15(9)2)13-11-4-3-6-12-14-11/h3-4,6,9-10H,5,7-8H2,1-2H3,(H,13,14). The maximum absolute atomic E-state index is 4.04. The lowest BCUT2D eigenvalue weighted by Crippen LogP contribution is -2.42. The Labute approximate surface area is 90.7 Å². The molecule has 1 N–H and O–H groups in total. The van der Waals surface area contributed by atoms with E-state index in [0.717, 1.165) is 12.4 Å². The molecule has 15 heavy (non-hydrogen) atoms. The van der Waals surface area contributed by atoms with E-state index in [1.165, 1.54) is 12.8 Å². The lowest BCUT2D eigenvalue weighted by atomic mass is 9.99. The molecular weight excluding hydrogens is 188 g/mol. The van der Waals surface area contributed by atoms with Gasteiger partial charge in [0.1, 0.15) is 5.82 Å². The van der Waals surface area contributed by atoms with Crippen LogP contribution >= 0.6 is 0 Å². The SMILES string of the molecule is CC1CC(Nc2cccnn2)CCN1C. The fourth-order valence-electron chi connectivity index (χ4n) is 2.01. The van der Waals surface area contributed by atoms with Crippen LogP contribution in [0.25, 0.3) is 0 Å². The first-order chi connectivity index (χ1) is 7.25. The zero-order valence-corrected chi connectivity index (χ0v) is 9.35. The minimum atomic E-state index is 0.535. The van der Waals surface area contributed by atoms with E-state index >= 15 is 0 Å². The zero-order valence-electron chi connectivity index (χ0n) is 9.35. The molecule has 0 bridgehead atoms. The number of hydrogen-bond donors (Lipinski definition) is 1. The maximum atomic E-state index is 4.04. The Kier molecular flexibility index (Phi) is 3.16. The van der Waals surface area contributed by atoms with E-state index in [0.29, 0.717) is 12.1 Å². The Hall–Kier alpha value is -1.16. The molecule has 0 aliphatic carbocycles. The fourth-order valence-corrected chi connectivity index (χ4v) is 2.01. The summed E-state index contributed by atoms with van der Waals surface area (Å²) in [5.41, 5.74) is 0. The van der Waals surface area contributed by atoms with Crippen molar-refractivity contribution in [3.05, 3.63) is 18.3 Å². The van der Waals surface area contributed by atoms with Crippen molar-refractivity contribution in [3.63, 3.8) is 0 Å². The van der Waals surface area contributed by atoms with Gasteiger partial charge in [0.25, 0.3) is 0 Å². The Bertz CT molecular complexity index is 301. The normalized spacial score (nSPS) is 27.6. The lowest BCUT2D eigenvalue weighted by Gasteiger charge is -2.35. The lowest BCUT2D eigenvalue weighted by molar-refractivity contribution is 0.190. The molecule has 0 radical (unpaired) electrons. The molecule has 0 saturated carbocycles. The molecule has 82 valence electrons. The quantitative estimate of drug-likeness (QED) is 0.793. The first-order valence-corrected chi connectivity index (χ1v) is 5.50. The molecule has 0 amide bonds. The van der Waals surface area contributed by atoms with E-state index in [1.807, 2.05) is 12.1 Å². The smallest absolute Gasteiger partial charge is 0.148 e. The summed E-state index contributed by atoms with van der Waals surface area (Å²) < 4.78 is 0. The minimum Gasteiger partial charge on any atom is -0.366 e. The van der Waals surface area contributed by atoms with E-state index in [-0.39, 0.29) is 0 Å². The van der Waals surface area contributed by atoms with Crippen LogP contribution in [0, 0.1) is 0 Å². The first-order valence-electron chi connectivity index (χ1n) is 5.50. The summed E-state index contributed by atoms with van der Waals surface area (Å²) in [6, 6.07) is 5.06. The molecular formula is C11H18N4. The summed E-state index contributed by atoms with van der Waals surface area (Å²) in [5.74, 6) is 0.888. The molecule has 1 aliphatic heterocycles. The summed E-state index contributed by atoms with van der Waals surface area (Å²) in [6.45, 7) is 3.42. The summed E-state index contributed by atoms with van der Waals surface area (Å²) in [7, 11) is 2.18. The van der Waals surface area contributed by atoms with Crippen LogP contribution in [0.4, 0.5) is 5.82 Å². The summed E-state index contributed by atoms with van der Waals surface area (Å²) in [4.78, 5) is 2.40. The highest BCUT2D eigenvalue weighted by Crippen LogP contribution is 2.18. The Balaban J connectivity index is 1.91. The molecule has 2 unspecified atom stereocenters. The number of likely N-dealkylation sites (tertiary alicyclic amines) is 1. The van der Waals surface area contributed by atoms with Gasteiger partial charge < -0.3 is 10.2 Å². The monoisotopic (exact) mass is 206 g/mol. The third kappa shape index (κ3) is 2.65. The van der Waals surface area contributed by atoms with Crippen LogP contribution < -0.4 is 5.32 Å². The van der Waals surface area contributed by atoms with E-state index in [2.05, 4.69) is 34.4 Å². The first kappa shape index (κ1) is 10.4. The van der Waals surface area contributed by atoms with Crippen molar-refractivity contribution in [2.45, 2.75) is 31.8 Å². The number of nitrogens with zero attached hydrogens (tertiary/aromatic N) is 3. The Morgan fingerprint density at radius 1 is 1.53 bits per heavy atom. The number of rotatable bonds is 2. The average Bonchev–Trinajstić information content (AvgIpc) is 2.25. The van der Waals surface area contributed by atoms with Crippen molar-refractivity contribution in [1.82, 2.24) is 15.1 Å².